The predicted octanol–water partition coefficient (Wildman–Crippen LogP) is 0.362. The van der Waals surface area contributed by atoms with Crippen molar-refractivity contribution < 1.29 is 14.3 Å². The van der Waals surface area contributed by atoms with Gasteiger partial charge in [0.25, 0.3) is 5.91 Å². The van der Waals surface area contributed by atoms with Gasteiger partial charge in [0.2, 0.25) is 0 Å². The van der Waals surface area contributed by atoms with E-state index in [-0.39, 0.29) is 18.5 Å². The maximum atomic E-state index is 11.5. The number of carbonyl (C=O) groups is 2. The van der Waals surface area contributed by atoms with Crippen LogP contribution >= 0.6 is 0 Å². The third-order valence-electron chi connectivity index (χ3n) is 2.81. The molecule has 0 aromatic heterocycles. The van der Waals surface area contributed by atoms with Crippen LogP contribution < -0.4 is 5.32 Å². The lowest BCUT2D eigenvalue weighted by atomic mass is 9.81. The van der Waals surface area contributed by atoms with Crippen molar-refractivity contribution in [3.63, 3.8) is 0 Å². The first-order valence-electron chi connectivity index (χ1n) is 4.71. The van der Waals surface area contributed by atoms with E-state index in [4.69, 9.17) is 4.74 Å². The van der Waals surface area contributed by atoms with Crippen LogP contribution in [0.2, 0.25) is 0 Å². The molecule has 2 rings (SSSR count). The summed E-state index contributed by atoms with van der Waals surface area (Å²) in [4.78, 5) is 22.6. The van der Waals surface area contributed by atoms with Gasteiger partial charge in [-0.25, -0.2) is 4.79 Å². The summed E-state index contributed by atoms with van der Waals surface area (Å²) in [5.74, 6) is -0.409. The highest BCUT2D eigenvalue weighted by Crippen LogP contribution is 2.30. The standard InChI is InChI=1S/C9H13NO3/c11-7-6-13-8(12)9(10-7)4-2-1-3-5-9/h1-6H2,(H,10,11). The maximum Gasteiger partial charge on any atom is 0.332 e. The third kappa shape index (κ3) is 1.41. The number of morpholine rings is 1. The fourth-order valence-corrected chi connectivity index (χ4v) is 2.11. The molecule has 1 spiro atoms. The largest absolute Gasteiger partial charge is 0.454 e. The molecule has 0 radical (unpaired) electrons. The van der Waals surface area contributed by atoms with Crippen LogP contribution in [0.4, 0.5) is 0 Å². The Morgan fingerprint density at radius 3 is 2.54 bits per heavy atom. The first-order valence-corrected chi connectivity index (χ1v) is 4.71. The second kappa shape index (κ2) is 3.01. The van der Waals surface area contributed by atoms with Gasteiger partial charge in [-0.1, -0.05) is 19.3 Å². The molecule has 0 unspecified atom stereocenters. The fourth-order valence-electron chi connectivity index (χ4n) is 2.11. The summed E-state index contributed by atoms with van der Waals surface area (Å²) in [7, 11) is 0. The maximum absolute atomic E-state index is 11.5. The van der Waals surface area contributed by atoms with E-state index >= 15 is 0 Å². The Balaban J connectivity index is 2.16. The molecule has 1 saturated heterocycles. The minimum atomic E-state index is -0.673. The van der Waals surface area contributed by atoms with Crippen LogP contribution in [-0.4, -0.2) is 24.0 Å². The summed E-state index contributed by atoms with van der Waals surface area (Å²) in [6.07, 6.45) is 4.60. The number of carbonyl (C=O) groups excluding carboxylic acids is 2. The molecule has 0 aromatic carbocycles. The molecule has 1 aliphatic carbocycles. The molecule has 72 valence electrons. The minimum Gasteiger partial charge on any atom is -0.454 e. The van der Waals surface area contributed by atoms with Crippen LogP contribution in [0.1, 0.15) is 32.1 Å². The fraction of sp³-hybridized carbons (Fsp3) is 0.778. The molecule has 0 atom stereocenters. The number of cyclic esters (lactones) is 1. The van der Waals surface area contributed by atoms with Crippen molar-refractivity contribution >= 4 is 11.9 Å². The van der Waals surface area contributed by atoms with Crippen molar-refractivity contribution in [2.24, 2.45) is 0 Å². The summed E-state index contributed by atoms with van der Waals surface area (Å²) in [6.45, 7) is -0.111. The minimum absolute atomic E-state index is 0.111. The molecule has 0 bridgehead atoms. The lowest BCUT2D eigenvalue weighted by molar-refractivity contribution is -0.165. The molecular formula is C9H13NO3. The summed E-state index contributed by atoms with van der Waals surface area (Å²) in [5.41, 5.74) is -0.673. The van der Waals surface area contributed by atoms with Crippen molar-refractivity contribution in [3.05, 3.63) is 0 Å². The van der Waals surface area contributed by atoms with Gasteiger partial charge in [-0.3, -0.25) is 4.79 Å². The molecule has 1 amide bonds. The number of amides is 1. The van der Waals surface area contributed by atoms with E-state index < -0.39 is 5.54 Å². The van der Waals surface area contributed by atoms with Crippen LogP contribution in [0.25, 0.3) is 0 Å². The SMILES string of the molecule is O=C1COC(=O)C2(CCCCC2)N1. The van der Waals surface area contributed by atoms with Crippen LogP contribution in [0, 0.1) is 0 Å². The number of nitrogens with one attached hydrogen (secondary N) is 1. The van der Waals surface area contributed by atoms with Crippen LogP contribution in [0.3, 0.4) is 0 Å². The van der Waals surface area contributed by atoms with Gasteiger partial charge in [0, 0.05) is 0 Å². The Hall–Kier alpha value is -1.06. The van der Waals surface area contributed by atoms with Crippen LogP contribution in [0.5, 0.6) is 0 Å². The Morgan fingerprint density at radius 2 is 1.85 bits per heavy atom. The highest BCUT2D eigenvalue weighted by atomic mass is 16.5. The molecule has 4 heteroatoms. The molecule has 4 nitrogen and oxygen atoms in total. The summed E-state index contributed by atoms with van der Waals surface area (Å²) in [6, 6.07) is 0. The lowest BCUT2D eigenvalue weighted by Gasteiger charge is -2.38. The lowest BCUT2D eigenvalue weighted by Crippen LogP contribution is -2.61. The number of hydrogen-bond donors (Lipinski definition) is 1. The van der Waals surface area contributed by atoms with Gasteiger partial charge in [0.15, 0.2) is 6.61 Å². The molecule has 1 N–H and O–H groups in total. The van der Waals surface area contributed by atoms with Crippen LogP contribution in [0.15, 0.2) is 0 Å². The van der Waals surface area contributed by atoms with E-state index in [0.717, 1.165) is 32.1 Å². The van der Waals surface area contributed by atoms with Crippen LogP contribution in [-0.2, 0) is 14.3 Å². The van der Waals surface area contributed by atoms with Crippen molar-refractivity contribution in [1.82, 2.24) is 5.32 Å². The van der Waals surface area contributed by atoms with E-state index in [1.54, 1.807) is 0 Å². The quantitative estimate of drug-likeness (QED) is 0.552. The van der Waals surface area contributed by atoms with Gasteiger partial charge in [0.1, 0.15) is 5.54 Å². The Bertz CT molecular complexity index is 243. The van der Waals surface area contributed by atoms with Crippen molar-refractivity contribution in [1.29, 1.82) is 0 Å². The van der Waals surface area contributed by atoms with Gasteiger partial charge < -0.3 is 10.1 Å². The number of ether oxygens (including phenoxy) is 1. The van der Waals surface area contributed by atoms with Gasteiger partial charge in [-0.15, -0.1) is 0 Å². The molecule has 1 aliphatic heterocycles. The van der Waals surface area contributed by atoms with E-state index in [0.29, 0.717) is 0 Å². The molecule has 1 heterocycles. The summed E-state index contributed by atoms with van der Waals surface area (Å²) >= 11 is 0. The predicted molar refractivity (Wildman–Crippen MR) is 44.9 cm³/mol. The Kier molecular flexibility index (Phi) is 1.98. The highest BCUT2D eigenvalue weighted by Gasteiger charge is 2.45. The molecule has 1 saturated carbocycles. The Labute approximate surface area is 76.6 Å². The van der Waals surface area contributed by atoms with E-state index in [2.05, 4.69) is 5.32 Å². The second-order valence-corrected chi connectivity index (χ2v) is 3.77. The molecular weight excluding hydrogens is 170 g/mol. The summed E-state index contributed by atoms with van der Waals surface area (Å²) in [5, 5.41) is 2.77. The first-order chi connectivity index (χ1) is 6.23. The van der Waals surface area contributed by atoms with E-state index in [1.807, 2.05) is 0 Å². The zero-order valence-electron chi connectivity index (χ0n) is 7.47. The van der Waals surface area contributed by atoms with Crippen molar-refractivity contribution in [3.8, 4) is 0 Å². The molecule has 2 fully saturated rings. The molecule has 0 aromatic rings. The van der Waals surface area contributed by atoms with Crippen molar-refractivity contribution in [2.75, 3.05) is 6.61 Å². The number of rotatable bonds is 0. The van der Waals surface area contributed by atoms with E-state index in [9.17, 15) is 9.59 Å². The average Bonchev–Trinajstić information content (AvgIpc) is 2.14. The Morgan fingerprint density at radius 1 is 1.15 bits per heavy atom. The monoisotopic (exact) mass is 183 g/mol. The van der Waals surface area contributed by atoms with Gasteiger partial charge >= 0.3 is 5.97 Å². The van der Waals surface area contributed by atoms with Gasteiger partial charge in [-0.05, 0) is 12.8 Å². The topological polar surface area (TPSA) is 55.4 Å². The number of esters is 1. The van der Waals surface area contributed by atoms with Gasteiger partial charge in [-0.2, -0.15) is 0 Å². The second-order valence-electron chi connectivity index (χ2n) is 3.77. The summed E-state index contributed by atoms with van der Waals surface area (Å²) < 4.78 is 4.83. The zero-order valence-corrected chi connectivity index (χ0v) is 7.47. The first kappa shape index (κ1) is 8.53. The van der Waals surface area contributed by atoms with Crippen molar-refractivity contribution in [2.45, 2.75) is 37.6 Å². The highest BCUT2D eigenvalue weighted by molar-refractivity contribution is 5.93. The van der Waals surface area contributed by atoms with E-state index in [1.165, 1.54) is 0 Å². The normalized spacial score (nSPS) is 26.8. The smallest absolute Gasteiger partial charge is 0.332 e. The molecule has 13 heavy (non-hydrogen) atoms. The number of hydrogen-bond acceptors (Lipinski definition) is 3. The zero-order chi connectivity index (χ0) is 9.31. The third-order valence-corrected chi connectivity index (χ3v) is 2.81. The molecule has 2 aliphatic rings. The van der Waals surface area contributed by atoms with Gasteiger partial charge in [0.05, 0.1) is 0 Å². The average molecular weight is 183 g/mol.